The van der Waals surface area contributed by atoms with E-state index in [1.807, 2.05) is 30.1 Å². The summed E-state index contributed by atoms with van der Waals surface area (Å²) in [6, 6.07) is 5.98. The van der Waals surface area contributed by atoms with Gasteiger partial charge >= 0.3 is 0 Å². The summed E-state index contributed by atoms with van der Waals surface area (Å²) in [4.78, 5) is 36.5. The Labute approximate surface area is 182 Å². The van der Waals surface area contributed by atoms with Gasteiger partial charge in [0, 0.05) is 63.3 Å². The quantitative estimate of drug-likeness (QED) is 0.560. The van der Waals surface area contributed by atoms with Crippen LogP contribution < -0.4 is 21.5 Å². The maximum atomic E-state index is 12.9. The molecule has 2 aromatic heterocycles. The number of hydrogen-bond acceptors (Lipinski definition) is 6. The van der Waals surface area contributed by atoms with Crippen LogP contribution in [0.15, 0.2) is 47.5 Å². The molecule has 1 unspecified atom stereocenters. The first-order valence-electron chi connectivity index (χ1n) is 10.9. The highest BCUT2D eigenvalue weighted by Crippen LogP contribution is 2.34. The van der Waals surface area contributed by atoms with Gasteiger partial charge in [-0.3, -0.25) is 9.59 Å². The van der Waals surface area contributed by atoms with Gasteiger partial charge in [0.1, 0.15) is 11.5 Å². The van der Waals surface area contributed by atoms with Gasteiger partial charge in [-0.1, -0.05) is 6.08 Å². The normalized spacial score (nSPS) is 18.5. The van der Waals surface area contributed by atoms with E-state index >= 15 is 0 Å². The second-order valence-electron chi connectivity index (χ2n) is 8.24. The molecule has 2 fully saturated rings. The minimum absolute atomic E-state index is 0.0154. The molecule has 1 atom stereocenters. The van der Waals surface area contributed by atoms with Gasteiger partial charge in [0.05, 0.1) is 0 Å². The van der Waals surface area contributed by atoms with Gasteiger partial charge in [-0.2, -0.15) is 0 Å². The molecule has 4 N–H and O–H groups in total. The number of nitrogens with one attached hydrogen (secondary N) is 2. The zero-order valence-electron chi connectivity index (χ0n) is 17.9. The standard InChI is InChI=1S/C23H30N6O2/c1-25-21-12-17(6-9-26-21)18-11-20(23(31)27-13-18)29(14-16-4-5-16)19-7-10-28(15-19)22(30)3-2-8-24/h2-3,6,9,11-13,16,19H,4-5,7-8,10,14-15,24H2,1H3,(H,25,26)(H,27,31)/b3-2+. The maximum Gasteiger partial charge on any atom is 0.271 e. The van der Waals surface area contributed by atoms with E-state index in [-0.39, 0.29) is 17.5 Å². The summed E-state index contributed by atoms with van der Waals surface area (Å²) >= 11 is 0. The van der Waals surface area contributed by atoms with Crippen LogP contribution in [0.5, 0.6) is 0 Å². The van der Waals surface area contributed by atoms with Crippen LogP contribution in [0.3, 0.4) is 0 Å². The third-order valence-corrected chi connectivity index (χ3v) is 6.01. The lowest BCUT2D eigenvalue weighted by molar-refractivity contribution is -0.125. The van der Waals surface area contributed by atoms with Crippen LogP contribution in [0.25, 0.3) is 11.1 Å². The van der Waals surface area contributed by atoms with Crippen LogP contribution in [0.4, 0.5) is 11.5 Å². The first-order valence-corrected chi connectivity index (χ1v) is 10.9. The summed E-state index contributed by atoms with van der Waals surface area (Å²) in [5, 5.41) is 3.05. The van der Waals surface area contributed by atoms with Crippen molar-refractivity contribution in [2.45, 2.75) is 25.3 Å². The third-order valence-electron chi connectivity index (χ3n) is 6.01. The number of nitrogens with two attached hydrogens (primary N) is 1. The molecule has 1 saturated carbocycles. The molecule has 2 aromatic rings. The van der Waals surface area contributed by atoms with Crippen molar-refractivity contribution in [2.24, 2.45) is 11.7 Å². The molecule has 4 rings (SSSR count). The van der Waals surface area contributed by atoms with E-state index < -0.39 is 0 Å². The smallest absolute Gasteiger partial charge is 0.271 e. The molecular formula is C23H30N6O2. The first kappa shape index (κ1) is 21.1. The highest BCUT2D eigenvalue weighted by Gasteiger charge is 2.34. The molecule has 1 aliphatic carbocycles. The average Bonchev–Trinajstić information content (AvgIpc) is 3.49. The first-order chi connectivity index (χ1) is 15.1. The van der Waals surface area contributed by atoms with Gasteiger partial charge in [0.15, 0.2) is 0 Å². The molecule has 8 heteroatoms. The Hall–Kier alpha value is -3.13. The lowest BCUT2D eigenvalue weighted by atomic mass is 10.1. The molecule has 8 nitrogen and oxygen atoms in total. The summed E-state index contributed by atoms with van der Waals surface area (Å²) in [6.07, 6.45) is 9.96. The fourth-order valence-electron chi connectivity index (χ4n) is 4.09. The number of carbonyl (C=O) groups is 1. The van der Waals surface area contributed by atoms with Gasteiger partial charge in [-0.05, 0) is 48.9 Å². The lowest BCUT2D eigenvalue weighted by Crippen LogP contribution is -2.42. The molecule has 2 aliphatic rings. The van der Waals surface area contributed by atoms with E-state index in [1.165, 1.54) is 12.8 Å². The van der Waals surface area contributed by atoms with Crippen LogP contribution in [0.1, 0.15) is 19.3 Å². The van der Waals surface area contributed by atoms with Crippen LogP contribution in [-0.4, -0.2) is 60.0 Å². The average molecular weight is 423 g/mol. The number of anilines is 2. The molecule has 164 valence electrons. The molecule has 1 aliphatic heterocycles. The number of aromatic amines is 1. The third kappa shape index (κ3) is 4.96. The zero-order chi connectivity index (χ0) is 21.8. The van der Waals surface area contributed by atoms with Crippen molar-refractivity contribution in [3.8, 4) is 11.1 Å². The molecule has 3 heterocycles. The largest absolute Gasteiger partial charge is 0.373 e. The van der Waals surface area contributed by atoms with Gasteiger partial charge < -0.3 is 25.8 Å². The van der Waals surface area contributed by atoms with Crippen molar-refractivity contribution in [3.63, 3.8) is 0 Å². The molecule has 0 spiro atoms. The Morgan fingerprint density at radius 2 is 2.19 bits per heavy atom. The summed E-state index contributed by atoms with van der Waals surface area (Å²) in [5.74, 6) is 1.37. The fourth-order valence-corrected chi connectivity index (χ4v) is 4.09. The predicted octanol–water partition coefficient (Wildman–Crippen LogP) is 1.81. The Morgan fingerprint density at radius 1 is 1.35 bits per heavy atom. The Morgan fingerprint density at radius 3 is 2.94 bits per heavy atom. The van der Waals surface area contributed by atoms with Crippen molar-refractivity contribution < 1.29 is 4.79 Å². The number of carbonyl (C=O) groups excluding carboxylic acids is 1. The summed E-state index contributed by atoms with van der Waals surface area (Å²) in [7, 11) is 1.83. The predicted molar refractivity (Wildman–Crippen MR) is 123 cm³/mol. The second-order valence-corrected chi connectivity index (χ2v) is 8.24. The van der Waals surface area contributed by atoms with Crippen molar-refractivity contribution in [2.75, 3.05) is 43.4 Å². The number of pyridine rings is 2. The number of H-pyrrole nitrogens is 1. The van der Waals surface area contributed by atoms with Gasteiger partial charge in [-0.25, -0.2) is 4.98 Å². The highest BCUT2D eigenvalue weighted by molar-refractivity contribution is 5.88. The van der Waals surface area contributed by atoms with Crippen molar-refractivity contribution in [3.05, 3.63) is 53.1 Å². The molecule has 0 radical (unpaired) electrons. The number of aromatic nitrogens is 2. The molecule has 1 amide bonds. The summed E-state index contributed by atoms with van der Waals surface area (Å²) < 4.78 is 0. The molecule has 0 aromatic carbocycles. The van der Waals surface area contributed by atoms with Crippen LogP contribution in [0.2, 0.25) is 0 Å². The number of hydrogen-bond donors (Lipinski definition) is 3. The Bertz CT molecular complexity index is 1010. The molecule has 31 heavy (non-hydrogen) atoms. The lowest BCUT2D eigenvalue weighted by Gasteiger charge is -2.31. The van der Waals surface area contributed by atoms with E-state index in [0.29, 0.717) is 31.2 Å². The van der Waals surface area contributed by atoms with Crippen molar-refractivity contribution >= 4 is 17.4 Å². The Kier molecular flexibility index (Phi) is 6.36. The van der Waals surface area contributed by atoms with Crippen molar-refractivity contribution in [1.82, 2.24) is 14.9 Å². The maximum absolute atomic E-state index is 12.9. The number of likely N-dealkylation sites (tertiary alicyclic amines) is 1. The van der Waals surface area contributed by atoms with E-state index in [1.54, 1.807) is 24.5 Å². The summed E-state index contributed by atoms with van der Waals surface area (Å²) in [6.45, 7) is 2.50. The molecular weight excluding hydrogens is 392 g/mol. The van der Waals surface area contributed by atoms with Gasteiger partial charge in [-0.15, -0.1) is 0 Å². The van der Waals surface area contributed by atoms with E-state index in [0.717, 1.165) is 29.9 Å². The summed E-state index contributed by atoms with van der Waals surface area (Å²) in [5.41, 5.74) is 7.97. The number of nitrogens with zero attached hydrogens (tertiary/aromatic N) is 3. The van der Waals surface area contributed by atoms with Crippen molar-refractivity contribution in [1.29, 1.82) is 0 Å². The van der Waals surface area contributed by atoms with Gasteiger partial charge in [0.25, 0.3) is 5.56 Å². The van der Waals surface area contributed by atoms with Gasteiger partial charge in [0.2, 0.25) is 5.91 Å². The van der Waals surface area contributed by atoms with Crippen LogP contribution in [-0.2, 0) is 4.79 Å². The Balaban J connectivity index is 1.61. The zero-order valence-corrected chi connectivity index (χ0v) is 17.9. The van der Waals surface area contributed by atoms with E-state index in [9.17, 15) is 9.59 Å². The van der Waals surface area contributed by atoms with Crippen LogP contribution >= 0.6 is 0 Å². The van der Waals surface area contributed by atoms with Crippen LogP contribution in [0, 0.1) is 5.92 Å². The molecule has 0 bridgehead atoms. The second kappa shape index (κ2) is 9.34. The van der Waals surface area contributed by atoms with E-state index in [4.69, 9.17) is 5.73 Å². The monoisotopic (exact) mass is 422 g/mol. The minimum Gasteiger partial charge on any atom is -0.373 e. The number of amides is 1. The van der Waals surface area contributed by atoms with E-state index in [2.05, 4.69) is 20.2 Å². The topological polar surface area (TPSA) is 107 Å². The SMILES string of the molecule is CNc1cc(-c2c[nH]c(=O)c(N(CC3CC3)C3CCN(C(=O)/C=C/CN)C3)c2)ccn1. The molecule has 1 saturated heterocycles. The fraction of sp³-hybridized carbons (Fsp3) is 0.435. The number of rotatable bonds is 8. The highest BCUT2D eigenvalue weighted by atomic mass is 16.2. The minimum atomic E-state index is -0.0971.